The predicted molar refractivity (Wildman–Crippen MR) is 75.6 cm³/mol. The van der Waals surface area contributed by atoms with Gasteiger partial charge in [0.2, 0.25) is 0 Å². The molecule has 0 aromatic rings. The number of hydrogen-bond donors (Lipinski definition) is 1. The van der Waals surface area contributed by atoms with E-state index in [2.05, 4.69) is 16.7 Å². The van der Waals surface area contributed by atoms with Crippen LogP contribution in [-0.2, 0) is 0 Å². The van der Waals surface area contributed by atoms with Crippen LogP contribution in [0.4, 0.5) is 0 Å². The summed E-state index contributed by atoms with van der Waals surface area (Å²) in [6.07, 6.45) is 8.31. The third-order valence-electron chi connectivity index (χ3n) is 5.86. The van der Waals surface area contributed by atoms with Gasteiger partial charge in [0.25, 0.3) is 0 Å². The van der Waals surface area contributed by atoms with E-state index in [4.69, 9.17) is 5.73 Å². The zero-order chi connectivity index (χ0) is 12.6. The summed E-state index contributed by atoms with van der Waals surface area (Å²) in [7, 11) is 0. The average molecular weight is 251 g/mol. The summed E-state index contributed by atoms with van der Waals surface area (Å²) in [5.74, 6) is 0.990. The molecule has 1 saturated carbocycles. The van der Waals surface area contributed by atoms with Crippen molar-refractivity contribution < 1.29 is 0 Å². The molecule has 2 bridgehead atoms. The van der Waals surface area contributed by atoms with Crippen molar-refractivity contribution in [1.82, 2.24) is 9.80 Å². The van der Waals surface area contributed by atoms with Crippen LogP contribution in [0.25, 0.3) is 0 Å². The van der Waals surface area contributed by atoms with Gasteiger partial charge in [-0.2, -0.15) is 0 Å². The Kier molecular flexibility index (Phi) is 3.65. The molecule has 2 N–H and O–H groups in total. The molecule has 1 aliphatic carbocycles. The second kappa shape index (κ2) is 5.10. The molecule has 0 spiro atoms. The van der Waals surface area contributed by atoms with Gasteiger partial charge in [-0.25, -0.2) is 0 Å². The van der Waals surface area contributed by atoms with E-state index in [1.54, 1.807) is 0 Å². The number of rotatable bonds is 3. The van der Waals surface area contributed by atoms with E-state index in [1.807, 2.05) is 0 Å². The second-order valence-corrected chi connectivity index (χ2v) is 6.70. The maximum atomic E-state index is 6.25. The number of hydrogen-bond acceptors (Lipinski definition) is 3. The van der Waals surface area contributed by atoms with Crippen molar-refractivity contribution in [1.29, 1.82) is 0 Å². The van der Waals surface area contributed by atoms with Gasteiger partial charge in [-0.15, -0.1) is 0 Å². The minimum atomic E-state index is 0.337. The fourth-order valence-corrected chi connectivity index (χ4v) is 4.67. The molecule has 3 rings (SSSR count). The Morgan fingerprint density at radius 1 is 1.22 bits per heavy atom. The molecule has 3 fully saturated rings. The second-order valence-electron chi connectivity index (χ2n) is 6.70. The molecule has 3 atom stereocenters. The maximum absolute atomic E-state index is 6.25. The summed E-state index contributed by atoms with van der Waals surface area (Å²) in [5, 5.41) is 0. The van der Waals surface area contributed by atoms with E-state index in [9.17, 15) is 0 Å². The van der Waals surface area contributed by atoms with Gasteiger partial charge >= 0.3 is 0 Å². The number of nitrogens with two attached hydrogens (primary N) is 1. The zero-order valence-electron chi connectivity index (χ0n) is 11.9. The lowest BCUT2D eigenvalue weighted by molar-refractivity contribution is 0.0477. The quantitative estimate of drug-likeness (QED) is 0.828. The van der Waals surface area contributed by atoms with Gasteiger partial charge in [0.15, 0.2) is 0 Å². The summed E-state index contributed by atoms with van der Waals surface area (Å²) in [6, 6.07) is 0.867. The van der Waals surface area contributed by atoms with Crippen molar-refractivity contribution in [3.63, 3.8) is 0 Å². The Morgan fingerprint density at radius 3 is 2.72 bits per heavy atom. The van der Waals surface area contributed by atoms with E-state index < -0.39 is 0 Å². The summed E-state index contributed by atoms with van der Waals surface area (Å²) in [4.78, 5) is 5.44. The number of fused-ring (bicyclic) bond motifs is 2. The molecule has 3 heteroatoms. The summed E-state index contributed by atoms with van der Waals surface area (Å²) >= 11 is 0. The van der Waals surface area contributed by atoms with Gasteiger partial charge in [0.05, 0.1) is 0 Å². The Balaban J connectivity index is 1.73. The molecular formula is C15H29N3. The molecule has 0 amide bonds. The fraction of sp³-hybridized carbons (Fsp3) is 1.00. The van der Waals surface area contributed by atoms with Crippen molar-refractivity contribution in [2.75, 3.05) is 32.7 Å². The SMILES string of the molecule is CCN1CCCC(CN)(N2CC3CCC2C3)CC1. The van der Waals surface area contributed by atoms with E-state index in [1.165, 1.54) is 64.7 Å². The zero-order valence-corrected chi connectivity index (χ0v) is 11.9. The third kappa shape index (κ3) is 2.10. The molecule has 3 nitrogen and oxygen atoms in total. The van der Waals surface area contributed by atoms with Crippen LogP contribution in [0, 0.1) is 5.92 Å². The van der Waals surface area contributed by atoms with Crippen LogP contribution < -0.4 is 5.73 Å². The molecule has 104 valence electrons. The molecule has 2 heterocycles. The number of likely N-dealkylation sites (tertiary alicyclic amines) is 2. The van der Waals surface area contributed by atoms with E-state index in [0.717, 1.165) is 18.5 Å². The first-order chi connectivity index (χ1) is 8.77. The Hall–Kier alpha value is -0.120. The van der Waals surface area contributed by atoms with Crippen molar-refractivity contribution >= 4 is 0 Å². The first kappa shape index (κ1) is 12.9. The number of nitrogens with zero attached hydrogens (tertiary/aromatic N) is 2. The topological polar surface area (TPSA) is 32.5 Å². The van der Waals surface area contributed by atoms with Gasteiger partial charge in [0.1, 0.15) is 0 Å². The standard InChI is InChI=1S/C15H29N3/c1-2-17-8-3-6-15(12-16,7-9-17)18-11-13-4-5-14(18)10-13/h13-14H,2-12,16H2,1H3. The summed E-state index contributed by atoms with van der Waals surface area (Å²) < 4.78 is 0. The molecule has 0 aromatic heterocycles. The van der Waals surface area contributed by atoms with Gasteiger partial charge in [0, 0.05) is 24.7 Å². The van der Waals surface area contributed by atoms with E-state index in [-0.39, 0.29) is 0 Å². The molecule has 3 unspecified atom stereocenters. The lowest BCUT2D eigenvalue weighted by atomic mass is 9.86. The van der Waals surface area contributed by atoms with Gasteiger partial charge in [-0.1, -0.05) is 6.92 Å². The normalized spacial score (nSPS) is 42.3. The molecule has 3 aliphatic rings. The Labute approximate surface area is 112 Å². The molecular weight excluding hydrogens is 222 g/mol. The highest BCUT2D eigenvalue weighted by Gasteiger charge is 2.47. The van der Waals surface area contributed by atoms with Crippen molar-refractivity contribution in [3.05, 3.63) is 0 Å². The van der Waals surface area contributed by atoms with Crippen molar-refractivity contribution in [2.45, 2.75) is 57.0 Å². The highest BCUT2D eigenvalue weighted by atomic mass is 15.3. The maximum Gasteiger partial charge on any atom is 0.0347 e. The van der Waals surface area contributed by atoms with E-state index in [0.29, 0.717) is 5.54 Å². The lowest BCUT2D eigenvalue weighted by Gasteiger charge is -2.45. The summed E-state index contributed by atoms with van der Waals surface area (Å²) in [5.41, 5.74) is 6.58. The third-order valence-corrected chi connectivity index (χ3v) is 5.86. The van der Waals surface area contributed by atoms with Crippen LogP contribution in [-0.4, -0.2) is 54.1 Å². The van der Waals surface area contributed by atoms with Crippen molar-refractivity contribution in [3.8, 4) is 0 Å². The highest BCUT2D eigenvalue weighted by molar-refractivity contribution is 5.04. The minimum Gasteiger partial charge on any atom is -0.329 e. The minimum absolute atomic E-state index is 0.337. The highest BCUT2D eigenvalue weighted by Crippen LogP contribution is 2.44. The van der Waals surface area contributed by atoms with Crippen LogP contribution in [0.3, 0.4) is 0 Å². The predicted octanol–water partition coefficient (Wildman–Crippen LogP) is 1.67. The fourth-order valence-electron chi connectivity index (χ4n) is 4.67. The van der Waals surface area contributed by atoms with Gasteiger partial charge in [-0.05, 0) is 64.1 Å². The lowest BCUT2D eigenvalue weighted by Crippen LogP contribution is -2.57. The van der Waals surface area contributed by atoms with Crippen LogP contribution in [0.5, 0.6) is 0 Å². The Bertz CT molecular complexity index is 293. The van der Waals surface area contributed by atoms with Crippen LogP contribution in [0.1, 0.15) is 45.4 Å². The van der Waals surface area contributed by atoms with Gasteiger partial charge in [-0.3, -0.25) is 4.90 Å². The molecule has 2 aliphatic heterocycles. The Morgan fingerprint density at radius 2 is 2.11 bits per heavy atom. The number of piperidine rings is 1. The first-order valence-corrected chi connectivity index (χ1v) is 7.96. The largest absolute Gasteiger partial charge is 0.329 e. The van der Waals surface area contributed by atoms with Crippen LogP contribution in [0.2, 0.25) is 0 Å². The monoisotopic (exact) mass is 251 g/mol. The molecule has 18 heavy (non-hydrogen) atoms. The van der Waals surface area contributed by atoms with E-state index >= 15 is 0 Å². The van der Waals surface area contributed by atoms with Crippen molar-refractivity contribution in [2.24, 2.45) is 11.7 Å². The molecule has 0 aromatic carbocycles. The molecule has 0 radical (unpaired) electrons. The first-order valence-electron chi connectivity index (χ1n) is 7.96. The van der Waals surface area contributed by atoms with Crippen LogP contribution >= 0.6 is 0 Å². The summed E-state index contributed by atoms with van der Waals surface area (Å²) in [6.45, 7) is 8.23. The average Bonchev–Trinajstić information content (AvgIpc) is 2.96. The smallest absolute Gasteiger partial charge is 0.0347 e. The van der Waals surface area contributed by atoms with Crippen LogP contribution in [0.15, 0.2) is 0 Å². The molecule has 2 saturated heterocycles. The van der Waals surface area contributed by atoms with Gasteiger partial charge < -0.3 is 10.6 Å².